The fourth-order valence-electron chi connectivity index (χ4n) is 1.80. The summed E-state index contributed by atoms with van der Waals surface area (Å²) in [5, 5.41) is 10.9. The van der Waals surface area contributed by atoms with Gasteiger partial charge in [0.15, 0.2) is 5.84 Å². The van der Waals surface area contributed by atoms with Crippen molar-refractivity contribution in [3.8, 4) is 0 Å². The third-order valence-corrected chi connectivity index (χ3v) is 2.85. The molecule has 4 nitrogen and oxygen atoms in total. The Hall–Kier alpha value is -1.92. The lowest BCUT2D eigenvalue weighted by molar-refractivity contribution is -0.153. The fraction of sp³-hybridized carbons (Fsp3) is 0.417. The minimum Gasteiger partial charge on any atom is -0.409 e. The van der Waals surface area contributed by atoms with Crippen molar-refractivity contribution in [3.63, 3.8) is 0 Å². The number of hydrogen-bond donors (Lipinski definition) is 2. The van der Waals surface area contributed by atoms with Crippen molar-refractivity contribution in [2.75, 3.05) is 18.5 Å². The van der Waals surface area contributed by atoms with Gasteiger partial charge in [0.1, 0.15) is 5.92 Å². The van der Waals surface area contributed by atoms with Crippen LogP contribution in [-0.4, -0.2) is 30.8 Å². The maximum atomic E-state index is 12.8. The maximum absolute atomic E-state index is 12.8. The van der Waals surface area contributed by atoms with Gasteiger partial charge >= 0.3 is 6.18 Å². The second kappa shape index (κ2) is 5.81. The van der Waals surface area contributed by atoms with Crippen LogP contribution in [0.2, 0.25) is 0 Å². The van der Waals surface area contributed by atoms with E-state index in [0.29, 0.717) is 5.69 Å². The zero-order chi connectivity index (χ0) is 14.6. The number of nitrogens with two attached hydrogens (primary N) is 1. The Bertz CT molecular complexity index is 460. The Morgan fingerprint density at radius 3 is 2.47 bits per heavy atom. The molecular weight excluding hydrogens is 259 g/mol. The Kier molecular flexibility index (Phi) is 4.63. The molecule has 1 aromatic rings. The first kappa shape index (κ1) is 15.1. The lowest BCUT2D eigenvalue weighted by Crippen LogP contribution is -2.43. The van der Waals surface area contributed by atoms with E-state index in [0.717, 1.165) is 5.56 Å². The highest BCUT2D eigenvalue weighted by Gasteiger charge is 2.43. The highest BCUT2D eigenvalue weighted by Crippen LogP contribution is 2.29. The van der Waals surface area contributed by atoms with Gasteiger partial charge in [-0.3, -0.25) is 0 Å². The molecule has 0 radical (unpaired) electrons. The molecule has 7 heteroatoms. The van der Waals surface area contributed by atoms with Crippen LogP contribution in [0, 0.1) is 12.8 Å². The number of aryl methyl sites for hydroxylation is 1. The zero-order valence-electron chi connectivity index (χ0n) is 10.6. The normalized spacial score (nSPS) is 14.3. The summed E-state index contributed by atoms with van der Waals surface area (Å²) in [7, 11) is 1.53. The van der Waals surface area contributed by atoms with Crippen molar-refractivity contribution in [1.82, 2.24) is 0 Å². The van der Waals surface area contributed by atoms with Gasteiger partial charge in [0.25, 0.3) is 0 Å². The molecule has 0 spiro atoms. The van der Waals surface area contributed by atoms with E-state index in [1.807, 2.05) is 0 Å². The van der Waals surface area contributed by atoms with Crippen LogP contribution in [0.1, 0.15) is 5.56 Å². The largest absolute Gasteiger partial charge is 0.409 e. The lowest BCUT2D eigenvalue weighted by Gasteiger charge is -2.27. The van der Waals surface area contributed by atoms with Gasteiger partial charge in [-0.2, -0.15) is 13.2 Å². The van der Waals surface area contributed by atoms with E-state index in [2.05, 4.69) is 5.16 Å². The summed E-state index contributed by atoms with van der Waals surface area (Å²) < 4.78 is 38.5. The summed E-state index contributed by atoms with van der Waals surface area (Å²) in [6.45, 7) is 1.39. The van der Waals surface area contributed by atoms with E-state index in [-0.39, 0.29) is 0 Å². The van der Waals surface area contributed by atoms with Crippen LogP contribution < -0.4 is 10.6 Å². The smallest absolute Gasteiger partial charge is 0.400 e. The molecule has 1 aromatic carbocycles. The van der Waals surface area contributed by atoms with Crippen LogP contribution in [0.25, 0.3) is 0 Å². The topological polar surface area (TPSA) is 61.8 Å². The number of nitrogens with zero attached hydrogens (tertiary/aromatic N) is 2. The fourth-order valence-corrected chi connectivity index (χ4v) is 1.80. The Morgan fingerprint density at radius 2 is 2.00 bits per heavy atom. The standard InChI is InChI=1S/C12H16F3N3O/c1-8-5-3-4-6-10(8)18(2)7-9(11(16)17-19)12(13,14)15/h3-6,9,19H,7H2,1-2H3,(H2,16,17). The Balaban J connectivity index is 2.95. The number of amidine groups is 1. The van der Waals surface area contributed by atoms with E-state index in [1.54, 1.807) is 31.2 Å². The van der Waals surface area contributed by atoms with E-state index in [4.69, 9.17) is 10.9 Å². The van der Waals surface area contributed by atoms with Gasteiger partial charge in [0.2, 0.25) is 0 Å². The highest BCUT2D eigenvalue weighted by atomic mass is 19.4. The summed E-state index contributed by atoms with van der Waals surface area (Å²) >= 11 is 0. The van der Waals surface area contributed by atoms with E-state index >= 15 is 0 Å². The van der Waals surface area contributed by atoms with Crippen LogP contribution >= 0.6 is 0 Å². The van der Waals surface area contributed by atoms with Crippen molar-refractivity contribution in [1.29, 1.82) is 0 Å². The molecule has 0 heterocycles. The average molecular weight is 275 g/mol. The summed E-state index contributed by atoms with van der Waals surface area (Å²) in [5.41, 5.74) is 6.64. The lowest BCUT2D eigenvalue weighted by atomic mass is 10.1. The second-order valence-electron chi connectivity index (χ2n) is 4.29. The first-order valence-corrected chi connectivity index (χ1v) is 5.58. The van der Waals surface area contributed by atoms with Crippen LogP contribution in [0.3, 0.4) is 0 Å². The monoisotopic (exact) mass is 275 g/mol. The predicted octanol–water partition coefficient (Wildman–Crippen LogP) is 2.36. The van der Waals surface area contributed by atoms with Gasteiger partial charge in [-0.05, 0) is 18.6 Å². The van der Waals surface area contributed by atoms with Gasteiger partial charge < -0.3 is 15.8 Å². The molecule has 0 amide bonds. The van der Waals surface area contributed by atoms with E-state index in [9.17, 15) is 13.2 Å². The van der Waals surface area contributed by atoms with Crippen LogP contribution in [0.5, 0.6) is 0 Å². The number of anilines is 1. The third-order valence-electron chi connectivity index (χ3n) is 2.85. The molecule has 1 unspecified atom stereocenters. The maximum Gasteiger partial charge on any atom is 0.400 e. The van der Waals surface area contributed by atoms with Crippen LogP contribution in [0.15, 0.2) is 29.4 Å². The molecule has 0 saturated carbocycles. The van der Waals surface area contributed by atoms with Crippen molar-refractivity contribution in [2.24, 2.45) is 16.8 Å². The number of oxime groups is 1. The number of halogens is 3. The molecular formula is C12H16F3N3O. The average Bonchev–Trinajstić information content (AvgIpc) is 2.34. The van der Waals surface area contributed by atoms with Crippen molar-refractivity contribution < 1.29 is 18.4 Å². The molecule has 1 rings (SSSR count). The van der Waals surface area contributed by atoms with Gasteiger partial charge in [-0.25, -0.2) is 0 Å². The van der Waals surface area contributed by atoms with Gasteiger partial charge in [-0.1, -0.05) is 23.4 Å². The molecule has 0 aliphatic carbocycles. The molecule has 0 aromatic heterocycles. The van der Waals surface area contributed by atoms with Gasteiger partial charge in [0.05, 0.1) is 0 Å². The third kappa shape index (κ3) is 3.77. The van der Waals surface area contributed by atoms with Crippen LogP contribution in [0.4, 0.5) is 18.9 Å². The molecule has 0 fully saturated rings. The Morgan fingerprint density at radius 1 is 1.42 bits per heavy atom. The molecule has 1 atom stereocenters. The summed E-state index contributed by atoms with van der Waals surface area (Å²) in [5.74, 6) is -2.85. The first-order valence-electron chi connectivity index (χ1n) is 5.58. The molecule has 106 valence electrons. The summed E-state index contributed by atoms with van der Waals surface area (Å²) in [6.07, 6.45) is -4.56. The minimum atomic E-state index is -4.56. The number of alkyl halides is 3. The van der Waals surface area contributed by atoms with Gasteiger partial charge in [0, 0.05) is 19.3 Å². The zero-order valence-corrected chi connectivity index (χ0v) is 10.6. The highest BCUT2D eigenvalue weighted by molar-refractivity contribution is 5.83. The number of benzene rings is 1. The van der Waals surface area contributed by atoms with Crippen LogP contribution in [-0.2, 0) is 0 Å². The van der Waals surface area contributed by atoms with E-state index < -0.39 is 24.5 Å². The second-order valence-corrected chi connectivity index (χ2v) is 4.29. The number of para-hydroxylation sites is 1. The first-order chi connectivity index (χ1) is 8.77. The SMILES string of the molecule is Cc1ccccc1N(C)CC(/C(N)=N/O)C(F)(F)F. The molecule has 0 bridgehead atoms. The van der Waals surface area contributed by atoms with Crippen molar-refractivity contribution >= 4 is 11.5 Å². The van der Waals surface area contributed by atoms with Gasteiger partial charge in [-0.15, -0.1) is 0 Å². The Labute approximate surface area is 109 Å². The quantitative estimate of drug-likeness (QED) is 0.384. The summed E-state index contributed by atoms with van der Waals surface area (Å²) in [4.78, 5) is 1.44. The minimum absolute atomic E-state index is 0.412. The number of rotatable bonds is 4. The molecule has 0 saturated heterocycles. The molecule has 0 aliphatic rings. The van der Waals surface area contributed by atoms with Crippen molar-refractivity contribution in [3.05, 3.63) is 29.8 Å². The molecule has 3 N–H and O–H groups in total. The molecule has 0 aliphatic heterocycles. The van der Waals surface area contributed by atoms with Crippen molar-refractivity contribution in [2.45, 2.75) is 13.1 Å². The number of hydrogen-bond acceptors (Lipinski definition) is 3. The summed E-state index contributed by atoms with van der Waals surface area (Å²) in [6, 6.07) is 7.06. The molecule has 19 heavy (non-hydrogen) atoms. The van der Waals surface area contributed by atoms with E-state index in [1.165, 1.54) is 11.9 Å². The predicted molar refractivity (Wildman–Crippen MR) is 67.4 cm³/mol.